The first kappa shape index (κ1) is 15.8. The Balaban J connectivity index is 2.23. The molecule has 0 radical (unpaired) electrons. The number of hydrogen-bond donors (Lipinski definition) is 2. The number of halogens is 1. The summed E-state index contributed by atoms with van der Waals surface area (Å²) < 4.78 is 0. The largest absolute Gasteiger partial charge is 0.478 e. The highest BCUT2D eigenvalue weighted by atomic mass is 35.5. The van der Waals surface area contributed by atoms with Crippen LogP contribution in [0.25, 0.3) is 6.08 Å². The van der Waals surface area contributed by atoms with Crippen LogP contribution in [0, 0.1) is 6.92 Å². The molecule has 0 aliphatic heterocycles. The molecular weight excluding hydrogens is 302 g/mol. The summed E-state index contributed by atoms with van der Waals surface area (Å²) in [6.07, 6.45) is 2.45. The number of carbonyl (C=O) groups is 2. The van der Waals surface area contributed by atoms with Gasteiger partial charge in [-0.2, -0.15) is 0 Å². The van der Waals surface area contributed by atoms with E-state index in [2.05, 4.69) is 5.32 Å². The summed E-state index contributed by atoms with van der Waals surface area (Å²) in [6, 6.07) is 12.1. The number of nitrogens with one attached hydrogen (secondary N) is 1. The lowest BCUT2D eigenvalue weighted by molar-refractivity contribution is -0.131. The van der Waals surface area contributed by atoms with Crippen LogP contribution in [0.4, 0.5) is 5.69 Å². The van der Waals surface area contributed by atoms with Gasteiger partial charge in [-0.1, -0.05) is 35.4 Å². The van der Waals surface area contributed by atoms with Gasteiger partial charge in [0.15, 0.2) is 0 Å². The lowest BCUT2D eigenvalue weighted by Gasteiger charge is -2.09. The third-order valence-electron chi connectivity index (χ3n) is 2.94. The van der Waals surface area contributed by atoms with Crippen LogP contribution in [-0.4, -0.2) is 17.0 Å². The molecule has 0 spiro atoms. The van der Waals surface area contributed by atoms with Crippen LogP contribution in [0.2, 0.25) is 5.02 Å². The van der Waals surface area contributed by atoms with E-state index in [4.69, 9.17) is 16.7 Å². The molecule has 2 N–H and O–H groups in total. The Morgan fingerprint density at radius 1 is 1.18 bits per heavy atom. The summed E-state index contributed by atoms with van der Waals surface area (Å²) >= 11 is 6.07. The number of carboxylic acids is 1. The molecule has 112 valence electrons. The van der Waals surface area contributed by atoms with Crippen LogP contribution < -0.4 is 5.32 Å². The van der Waals surface area contributed by atoms with E-state index in [-0.39, 0.29) is 5.91 Å². The summed E-state index contributed by atoms with van der Waals surface area (Å²) in [5.41, 5.74) is 2.58. The van der Waals surface area contributed by atoms with Crippen LogP contribution in [0.15, 0.2) is 48.5 Å². The van der Waals surface area contributed by atoms with E-state index in [1.54, 1.807) is 36.4 Å². The van der Waals surface area contributed by atoms with Gasteiger partial charge in [0.2, 0.25) is 0 Å². The van der Waals surface area contributed by atoms with Gasteiger partial charge in [-0.3, -0.25) is 4.79 Å². The number of amides is 1. The maximum atomic E-state index is 12.2. The van der Waals surface area contributed by atoms with Gasteiger partial charge in [0.25, 0.3) is 5.91 Å². The monoisotopic (exact) mass is 315 g/mol. The van der Waals surface area contributed by atoms with Gasteiger partial charge < -0.3 is 10.4 Å². The number of anilines is 1. The third-order valence-corrected chi connectivity index (χ3v) is 3.27. The maximum absolute atomic E-state index is 12.2. The van der Waals surface area contributed by atoms with Crippen molar-refractivity contribution in [1.29, 1.82) is 0 Å². The van der Waals surface area contributed by atoms with E-state index < -0.39 is 5.97 Å². The highest BCUT2D eigenvalue weighted by molar-refractivity contribution is 6.34. The molecule has 1 amide bonds. The molecule has 2 rings (SSSR count). The fourth-order valence-corrected chi connectivity index (χ4v) is 2.06. The standard InChI is InChI=1S/C17H14ClNO3/c1-11-3-2-4-13(9-11)17(22)19-15-10-12(5-7-14(15)18)6-8-16(20)21/h2-10H,1H3,(H,19,22)(H,20,21)/b8-6+. The summed E-state index contributed by atoms with van der Waals surface area (Å²) in [5, 5.41) is 11.7. The van der Waals surface area contributed by atoms with Crippen LogP contribution in [0.5, 0.6) is 0 Å². The fourth-order valence-electron chi connectivity index (χ4n) is 1.89. The van der Waals surface area contributed by atoms with Gasteiger partial charge in [0, 0.05) is 11.6 Å². The minimum absolute atomic E-state index is 0.273. The van der Waals surface area contributed by atoms with E-state index in [9.17, 15) is 9.59 Å². The van der Waals surface area contributed by atoms with Gasteiger partial charge in [-0.15, -0.1) is 0 Å². The molecule has 0 fully saturated rings. The quantitative estimate of drug-likeness (QED) is 0.838. The number of carboxylic acid groups (broad SMARTS) is 1. The SMILES string of the molecule is Cc1cccc(C(=O)Nc2cc(/C=C/C(=O)O)ccc2Cl)c1. The van der Waals surface area contributed by atoms with E-state index in [0.717, 1.165) is 11.6 Å². The average Bonchev–Trinajstić information content (AvgIpc) is 2.48. The molecule has 0 aliphatic rings. The fraction of sp³-hybridized carbons (Fsp3) is 0.0588. The molecule has 0 aromatic heterocycles. The first-order valence-corrected chi connectivity index (χ1v) is 6.92. The molecule has 2 aromatic rings. The minimum atomic E-state index is -1.04. The van der Waals surface area contributed by atoms with Crippen molar-refractivity contribution in [1.82, 2.24) is 0 Å². The number of rotatable bonds is 4. The average molecular weight is 316 g/mol. The number of aryl methyl sites for hydroxylation is 1. The van der Waals surface area contributed by atoms with E-state index in [1.807, 2.05) is 13.0 Å². The Labute approximate surface area is 133 Å². The molecule has 0 saturated carbocycles. The van der Waals surface area contributed by atoms with Crippen LogP contribution in [-0.2, 0) is 4.79 Å². The molecule has 0 saturated heterocycles. The Bertz CT molecular complexity index is 753. The molecule has 0 atom stereocenters. The summed E-state index contributed by atoms with van der Waals surface area (Å²) in [6.45, 7) is 1.90. The predicted octanol–water partition coefficient (Wildman–Crippen LogP) is 4.00. The molecule has 4 nitrogen and oxygen atoms in total. The van der Waals surface area contributed by atoms with Crippen molar-refractivity contribution < 1.29 is 14.7 Å². The van der Waals surface area contributed by atoms with Gasteiger partial charge in [-0.25, -0.2) is 4.79 Å². The van der Waals surface area contributed by atoms with Crippen LogP contribution in [0.3, 0.4) is 0 Å². The summed E-state index contributed by atoms with van der Waals surface area (Å²) in [7, 11) is 0. The Kier molecular flexibility index (Phi) is 4.96. The predicted molar refractivity (Wildman–Crippen MR) is 87.3 cm³/mol. The van der Waals surface area contributed by atoms with Crippen LogP contribution >= 0.6 is 11.6 Å². The zero-order valence-corrected chi connectivity index (χ0v) is 12.6. The zero-order chi connectivity index (χ0) is 16.1. The second-order valence-corrected chi connectivity index (χ2v) is 5.14. The molecule has 0 heterocycles. The van der Waals surface area contributed by atoms with Crippen molar-refractivity contribution in [2.24, 2.45) is 0 Å². The first-order chi connectivity index (χ1) is 10.5. The number of benzene rings is 2. The van der Waals surface area contributed by atoms with Crippen molar-refractivity contribution in [2.45, 2.75) is 6.92 Å². The van der Waals surface area contributed by atoms with Crippen molar-refractivity contribution in [2.75, 3.05) is 5.32 Å². The second-order valence-electron chi connectivity index (χ2n) is 4.73. The third kappa shape index (κ3) is 4.20. The molecular formula is C17H14ClNO3. The van der Waals surface area contributed by atoms with E-state index >= 15 is 0 Å². The molecule has 0 bridgehead atoms. The second kappa shape index (κ2) is 6.91. The summed E-state index contributed by atoms with van der Waals surface area (Å²) in [4.78, 5) is 22.8. The zero-order valence-electron chi connectivity index (χ0n) is 11.8. The van der Waals surface area contributed by atoms with E-state index in [0.29, 0.717) is 21.8 Å². The van der Waals surface area contributed by atoms with Gasteiger partial charge in [-0.05, 0) is 42.8 Å². The normalized spacial score (nSPS) is 10.6. The highest BCUT2D eigenvalue weighted by Gasteiger charge is 2.09. The van der Waals surface area contributed by atoms with Gasteiger partial charge >= 0.3 is 5.97 Å². The number of carbonyl (C=O) groups excluding carboxylic acids is 1. The van der Waals surface area contributed by atoms with Crippen molar-refractivity contribution >= 4 is 35.2 Å². The lowest BCUT2D eigenvalue weighted by Crippen LogP contribution is -2.12. The molecule has 5 heteroatoms. The van der Waals surface area contributed by atoms with E-state index in [1.165, 1.54) is 6.08 Å². The van der Waals surface area contributed by atoms with Crippen molar-refractivity contribution in [3.63, 3.8) is 0 Å². The van der Waals surface area contributed by atoms with Crippen molar-refractivity contribution in [3.8, 4) is 0 Å². The topological polar surface area (TPSA) is 66.4 Å². The number of hydrogen-bond acceptors (Lipinski definition) is 2. The molecule has 0 aliphatic carbocycles. The van der Waals surface area contributed by atoms with Crippen molar-refractivity contribution in [3.05, 3.63) is 70.3 Å². The Morgan fingerprint density at radius 2 is 1.95 bits per heavy atom. The summed E-state index contributed by atoms with van der Waals surface area (Å²) in [5.74, 6) is -1.31. The molecule has 0 unspecified atom stereocenters. The molecule has 22 heavy (non-hydrogen) atoms. The highest BCUT2D eigenvalue weighted by Crippen LogP contribution is 2.24. The Hall–Kier alpha value is -2.59. The maximum Gasteiger partial charge on any atom is 0.328 e. The Morgan fingerprint density at radius 3 is 2.64 bits per heavy atom. The first-order valence-electron chi connectivity index (χ1n) is 6.54. The minimum Gasteiger partial charge on any atom is -0.478 e. The van der Waals surface area contributed by atoms with Gasteiger partial charge in [0.05, 0.1) is 10.7 Å². The smallest absolute Gasteiger partial charge is 0.328 e. The lowest BCUT2D eigenvalue weighted by atomic mass is 10.1. The molecule has 2 aromatic carbocycles. The van der Waals surface area contributed by atoms with Crippen LogP contribution in [0.1, 0.15) is 21.5 Å². The number of aliphatic carboxylic acids is 1. The van der Waals surface area contributed by atoms with Gasteiger partial charge in [0.1, 0.15) is 0 Å².